The molecule has 3 saturated carbocycles. The van der Waals surface area contributed by atoms with E-state index in [2.05, 4.69) is 45.3 Å². The Labute approximate surface area is 252 Å². The van der Waals surface area contributed by atoms with Gasteiger partial charge in [0.25, 0.3) is 5.91 Å². The Morgan fingerprint density at radius 1 is 1.10 bits per heavy atom. The molecule has 10 heteroatoms. The first-order valence-corrected chi connectivity index (χ1v) is 16.5. The maximum Gasteiger partial charge on any atom is 0.265 e. The lowest BCUT2D eigenvalue weighted by Gasteiger charge is -2.34. The first-order valence-electron chi connectivity index (χ1n) is 15.7. The number of carbonyl (C=O) groups excluding carboxylic acids is 1. The molecule has 2 atom stereocenters. The fraction of sp³-hybridized carbons (Fsp3) is 0.594. The van der Waals surface area contributed by atoms with Crippen LogP contribution in [0.5, 0.6) is 0 Å². The zero-order valence-corrected chi connectivity index (χ0v) is 25.4. The molecule has 3 aliphatic carbocycles. The fourth-order valence-electron chi connectivity index (χ4n) is 8.53. The molecule has 3 N–H and O–H groups in total. The van der Waals surface area contributed by atoms with Crippen LogP contribution >= 0.6 is 11.9 Å². The highest BCUT2D eigenvalue weighted by Crippen LogP contribution is 2.93. The standard InChI is InChI=1S/C32H41N7O2S/c1-30(2)19-21-5-4-16-33-24-6-3-7-27(34-24)42-37-29(40)22-8-9-25(35-28(22)38(30)20-21)39-17-10-26(36-39)41-18-11-23-31(12-13-31)32(23)14-15-32/h3,6-10,17,21,23,26,36H,4-5,11-16,18-20H2,1-2H3,(H,33,34)(H,37,40)/t21-,26?/m1/s1. The summed E-state index contributed by atoms with van der Waals surface area (Å²) in [5.74, 6) is 3.57. The number of hydrazine groups is 1. The zero-order chi connectivity index (χ0) is 28.5. The number of aromatic nitrogens is 2. The Bertz CT molecular complexity index is 1400. The number of pyridine rings is 2. The van der Waals surface area contributed by atoms with Crippen molar-refractivity contribution in [1.29, 1.82) is 0 Å². The summed E-state index contributed by atoms with van der Waals surface area (Å²) in [4.78, 5) is 25.7. The van der Waals surface area contributed by atoms with Crippen molar-refractivity contribution in [3.05, 3.63) is 48.2 Å². The van der Waals surface area contributed by atoms with Crippen LogP contribution in [0.4, 0.5) is 17.5 Å². The smallest absolute Gasteiger partial charge is 0.265 e. The van der Waals surface area contributed by atoms with Gasteiger partial charge in [0, 0.05) is 43.4 Å². The quantitative estimate of drug-likeness (QED) is 0.393. The summed E-state index contributed by atoms with van der Waals surface area (Å²) in [7, 11) is 0. The summed E-state index contributed by atoms with van der Waals surface area (Å²) in [6, 6.07) is 9.67. The normalized spacial score (nSPS) is 28.2. The number of fused-ring (bicyclic) bond motifs is 7. The Kier molecular flexibility index (Phi) is 6.28. The lowest BCUT2D eigenvalue weighted by molar-refractivity contribution is 0.0624. The van der Waals surface area contributed by atoms with Crippen LogP contribution in [-0.2, 0) is 4.74 Å². The highest BCUT2D eigenvalue weighted by atomic mass is 32.2. The number of ether oxygens (including phenoxy) is 1. The Morgan fingerprint density at radius 2 is 1.93 bits per heavy atom. The monoisotopic (exact) mass is 587 g/mol. The molecule has 42 heavy (non-hydrogen) atoms. The number of rotatable bonds is 5. The van der Waals surface area contributed by atoms with Gasteiger partial charge in [0.05, 0.1) is 5.56 Å². The van der Waals surface area contributed by atoms with Crippen LogP contribution in [0, 0.1) is 22.7 Å². The van der Waals surface area contributed by atoms with E-state index in [1.54, 1.807) is 0 Å². The van der Waals surface area contributed by atoms with E-state index in [1.807, 2.05) is 41.5 Å². The number of carbonyl (C=O) groups is 1. The highest BCUT2D eigenvalue weighted by molar-refractivity contribution is 7.97. The molecule has 9 nitrogen and oxygen atoms in total. The molecule has 2 spiro atoms. The van der Waals surface area contributed by atoms with Gasteiger partial charge in [0.2, 0.25) is 0 Å². The summed E-state index contributed by atoms with van der Waals surface area (Å²) >= 11 is 1.24. The number of anilines is 3. The maximum absolute atomic E-state index is 13.6. The first-order chi connectivity index (χ1) is 20.4. The van der Waals surface area contributed by atoms with E-state index in [4.69, 9.17) is 9.72 Å². The van der Waals surface area contributed by atoms with E-state index >= 15 is 0 Å². The van der Waals surface area contributed by atoms with Gasteiger partial charge in [-0.15, -0.1) is 0 Å². The van der Waals surface area contributed by atoms with Gasteiger partial charge in [-0.3, -0.25) is 14.5 Å². The molecule has 2 aromatic rings. The van der Waals surface area contributed by atoms with Gasteiger partial charge in [0.1, 0.15) is 28.7 Å². The summed E-state index contributed by atoms with van der Waals surface area (Å²) in [6.45, 7) is 7.08. The van der Waals surface area contributed by atoms with Gasteiger partial charge >= 0.3 is 0 Å². The Morgan fingerprint density at radius 3 is 2.74 bits per heavy atom. The van der Waals surface area contributed by atoms with Crippen LogP contribution in [0.25, 0.3) is 0 Å². The van der Waals surface area contributed by atoms with Gasteiger partial charge in [-0.2, -0.15) is 5.43 Å². The Balaban J connectivity index is 0.997. The number of nitrogens with one attached hydrogen (secondary N) is 3. The van der Waals surface area contributed by atoms with Crippen molar-refractivity contribution in [2.24, 2.45) is 22.7 Å². The van der Waals surface area contributed by atoms with E-state index < -0.39 is 0 Å². The minimum atomic E-state index is -0.170. The van der Waals surface area contributed by atoms with Crippen molar-refractivity contribution >= 4 is 35.3 Å². The molecule has 0 radical (unpaired) electrons. The summed E-state index contributed by atoms with van der Waals surface area (Å²) in [6.07, 6.45) is 14.1. The number of amides is 1. The van der Waals surface area contributed by atoms with E-state index in [9.17, 15) is 4.79 Å². The molecule has 8 rings (SSSR count). The second kappa shape index (κ2) is 9.86. The second-order valence-corrected chi connectivity index (χ2v) is 14.6. The molecule has 2 aromatic heterocycles. The molecular formula is C32H41N7O2S. The predicted molar refractivity (Wildman–Crippen MR) is 165 cm³/mol. The molecule has 6 aliphatic rings. The van der Waals surface area contributed by atoms with Crippen molar-refractivity contribution in [2.75, 3.05) is 34.9 Å². The SMILES string of the molecule is CC1(C)C[C@H]2CCCNc3cccc(n3)SNC(=O)c3ccc(N4C=CC(OCCC5C6(CC6)C56CC6)N4)nc3N1C2. The molecule has 4 fully saturated rings. The molecule has 0 aromatic carbocycles. The maximum atomic E-state index is 13.6. The predicted octanol–water partition coefficient (Wildman–Crippen LogP) is 5.49. The molecule has 3 aliphatic heterocycles. The topological polar surface area (TPSA) is 94.7 Å². The minimum absolute atomic E-state index is 0.116. The van der Waals surface area contributed by atoms with Crippen LogP contribution in [-0.4, -0.2) is 47.3 Å². The minimum Gasteiger partial charge on any atom is -0.370 e. The third-order valence-electron chi connectivity index (χ3n) is 10.8. The molecule has 4 bridgehead atoms. The van der Waals surface area contributed by atoms with Crippen molar-refractivity contribution in [1.82, 2.24) is 20.1 Å². The average Bonchev–Trinajstić information content (AvgIpc) is 3.93. The van der Waals surface area contributed by atoms with E-state index in [0.717, 1.165) is 78.2 Å². The molecular weight excluding hydrogens is 546 g/mol. The van der Waals surface area contributed by atoms with Crippen molar-refractivity contribution < 1.29 is 9.53 Å². The number of hydrogen-bond donors (Lipinski definition) is 3. The molecule has 1 saturated heterocycles. The van der Waals surface area contributed by atoms with Crippen LogP contribution in [0.1, 0.15) is 75.6 Å². The third-order valence-corrected chi connectivity index (χ3v) is 11.6. The van der Waals surface area contributed by atoms with Gasteiger partial charge in [-0.1, -0.05) is 6.07 Å². The first kappa shape index (κ1) is 26.8. The second-order valence-electron chi connectivity index (χ2n) is 13.8. The van der Waals surface area contributed by atoms with Crippen molar-refractivity contribution in [3.8, 4) is 0 Å². The van der Waals surface area contributed by atoms with E-state index in [0.29, 0.717) is 11.5 Å². The Hall–Kier alpha value is -2.82. The molecule has 222 valence electrons. The average molecular weight is 588 g/mol. The lowest BCUT2D eigenvalue weighted by Crippen LogP contribution is -2.41. The van der Waals surface area contributed by atoms with E-state index in [1.165, 1.54) is 44.1 Å². The van der Waals surface area contributed by atoms with Gasteiger partial charge in [-0.25, -0.2) is 9.97 Å². The largest absolute Gasteiger partial charge is 0.370 e. The summed E-state index contributed by atoms with van der Waals surface area (Å²) in [5, 5.41) is 6.12. The molecule has 5 heterocycles. The zero-order valence-electron chi connectivity index (χ0n) is 24.6. The van der Waals surface area contributed by atoms with Crippen LogP contribution in [0.3, 0.4) is 0 Å². The van der Waals surface area contributed by atoms with Gasteiger partial charge in [0.15, 0.2) is 0 Å². The van der Waals surface area contributed by atoms with Gasteiger partial charge in [-0.05, 0) is 118 Å². The van der Waals surface area contributed by atoms with Crippen LogP contribution in [0.15, 0.2) is 47.6 Å². The number of hydrogen-bond acceptors (Lipinski definition) is 9. The van der Waals surface area contributed by atoms with Crippen molar-refractivity contribution in [2.45, 2.75) is 82.0 Å². The number of nitrogens with zero attached hydrogens (tertiary/aromatic N) is 4. The fourth-order valence-corrected chi connectivity index (χ4v) is 9.13. The molecule has 1 amide bonds. The van der Waals surface area contributed by atoms with E-state index in [-0.39, 0.29) is 17.7 Å². The summed E-state index contributed by atoms with van der Waals surface area (Å²) in [5.41, 5.74) is 5.36. The van der Waals surface area contributed by atoms with Crippen LogP contribution in [0.2, 0.25) is 0 Å². The third kappa shape index (κ3) is 4.57. The lowest BCUT2D eigenvalue weighted by atomic mass is 9.93. The molecule has 1 unspecified atom stereocenters. The van der Waals surface area contributed by atoms with Gasteiger partial charge < -0.3 is 15.0 Å². The van der Waals surface area contributed by atoms with Crippen LogP contribution < -0.4 is 25.4 Å². The summed E-state index contributed by atoms with van der Waals surface area (Å²) < 4.78 is 9.26. The van der Waals surface area contributed by atoms with Crippen molar-refractivity contribution in [3.63, 3.8) is 0 Å². The highest BCUT2D eigenvalue weighted by Gasteiger charge is 2.85.